The summed E-state index contributed by atoms with van der Waals surface area (Å²) in [6.07, 6.45) is 0. The Morgan fingerprint density at radius 2 is 1.17 bits per heavy atom. The summed E-state index contributed by atoms with van der Waals surface area (Å²) in [7, 11) is 0. The van der Waals surface area contributed by atoms with Gasteiger partial charge in [-0.3, -0.25) is 0 Å². The van der Waals surface area contributed by atoms with E-state index in [9.17, 15) is 0 Å². The van der Waals surface area contributed by atoms with E-state index in [1.165, 1.54) is 22.0 Å². The number of aryl methyl sites for hydroxylation is 1. The first-order chi connectivity index (χ1) is 22.7. The summed E-state index contributed by atoms with van der Waals surface area (Å²) in [6.45, 7) is 2.11. The Balaban J connectivity index is 1.56. The molecule has 10 rings (SSSR count). The van der Waals surface area contributed by atoms with Gasteiger partial charge in [0.05, 0.1) is 0 Å². The first-order valence-corrected chi connectivity index (χ1v) is 17.6. The van der Waals surface area contributed by atoms with Crippen LogP contribution in [-0.4, -0.2) is 52.6 Å². The molecule has 5 heterocycles. The molecule has 0 amide bonds. The van der Waals surface area contributed by atoms with Crippen molar-refractivity contribution in [2.24, 2.45) is 0 Å². The number of imidazole rings is 3. The summed E-state index contributed by atoms with van der Waals surface area (Å²) < 4.78 is 10.7. The van der Waals surface area contributed by atoms with Gasteiger partial charge in [0, 0.05) is 0 Å². The number of fused-ring (bicyclic) bond motifs is 10. The molecule has 0 bridgehead atoms. The van der Waals surface area contributed by atoms with Crippen LogP contribution in [0, 0.1) is 6.92 Å². The van der Waals surface area contributed by atoms with Crippen LogP contribution in [0.2, 0.25) is 0 Å². The maximum absolute atomic E-state index is 5.26. The van der Waals surface area contributed by atoms with Gasteiger partial charge in [-0.05, 0) is 0 Å². The minimum atomic E-state index is 0.612. The molecule has 0 saturated heterocycles. The Kier molecular flexibility index (Phi) is 5.44. The molecule has 5 aromatic carbocycles. The molecule has 218 valence electrons. The topological polar surface area (TPSA) is 44.5 Å². The fourth-order valence-corrected chi connectivity index (χ4v) is 8.86. The van der Waals surface area contributed by atoms with Gasteiger partial charge in [0.25, 0.3) is 0 Å². The summed E-state index contributed by atoms with van der Waals surface area (Å²) in [4.78, 5) is 10.1. The van der Waals surface area contributed by atoms with Crippen LogP contribution in [0.1, 0.15) is 5.69 Å². The van der Waals surface area contributed by atoms with E-state index in [4.69, 9.17) is 9.97 Å². The molecule has 7 heteroatoms. The fourth-order valence-electron chi connectivity index (χ4n) is 7.37. The summed E-state index contributed by atoms with van der Waals surface area (Å²) in [5, 5.41) is 1.22. The number of rotatable bonds is 3. The number of aromatic nitrogens is 6. The number of para-hydroxylation sites is 5. The second-order valence-electron chi connectivity index (χ2n) is 11.9. The number of hydrogen-bond acceptors (Lipinski definition) is 2. The first-order valence-electron chi connectivity index (χ1n) is 15.4. The Hall–Kier alpha value is -5.26. The summed E-state index contributed by atoms with van der Waals surface area (Å²) in [5.74, 6) is 0.898. The van der Waals surface area contributed by atoms with Crippen molar-refractivity contribution in [2.75, 3.05) is 0 Å². The van der Waals surface area contributed by atoms with Gasteiger partial charge < -0.3 is 0 Å². The van der Waals surface area contributed by atoms with Crippen LogP contribution >= 0.6 is 0 Å². The number of pyridine rings is 1. The van der Waals surface area contributed by atoms with Crippen LogP contribution in [0.5, 0.6) is 0 Å². The van der Waals surface area contributed by atoms with Crippen LogP contribution in [-0.2, 0) is 0 Å². The number of hydrogen-bond donors (Lipinski definition) is 0. The first kappa shape index (κ1) is 26.0. The van der Waals surface area contributed by atoms with E-state index in [0.29, 0.717) is 24.7 Å². The molecule has 0 aliphatic carbocycles. The van der Waals surface area contributed by atoms with Crippen molar-refractivity contribution in [1.82, 2.24) is 27.9 Å². The van der Waals surface area contributed by atoms with Crippen molar-refractivity contribution in [1.29, 1.82) is 0 Å². The zero-order chi connectivity index (χ0) is 30.5. The van der Waals surface area contributed by atoms with Gasteiger partial charge in [0.2, 0.25) is 0 Å². The van der Waals surface area contributed by atoms with Gasteiger partial charge in [0.15, 0.2) is 0 Å². The van der Waals surface area contributed by atoms with Gasteiger partial charge in [-0.1, -0.05) is 0 Å². The molecule has 0 atom stereocenters. The van der Waals surface area contributed by atoms with E-state index in [1.54, 1.807) is 0 Å². The van der Waals surface area contributed by atoms with Crippen molar-refractivity contribution in [3.63, 3.8) is 0 Å². The normalized spacial score (nSPS) is 12.1. The average molecular weight is 789 g/mol. The molecular formula is C39H27BiN6. The molecule has 5 aromatic heterocycles. The standard InChI is InChI=1S/C39H25N6.Bi.2H/c1-25-22-27(20-21-40-25)36-37-33(44-31-18-10-8-12-26(31)23-35(44)42(37)28-13-4-2-5-14-28)24-34-38(36)43(29-15-6-3-7-16-29)39-41-30-17-9-11-19-32(30)45(34)39;;;/h2-20,22-24H,1H3;;;. The molecule has 0 fully saturated rings. The molecular weight excluding hydrogens is 761 g/mol. The third kappa shape index (κ3) is 3.55. The predicted molar refractivity (Wildman–Crippen MR) is 191 cm³/mol. The molecule has 46 heavy (non-hydrogen) atoms. The van der Waals surface area contributed by atoms with Crippen molar-refractivity contribution < 1.29 is 0 Å². The van der Waals surface area contributed by atoms with Crippen molar-refractivity contribution >= 4 is 83.5 Å². The second-order valence-corrected chi connectivity index (χ2v) is 14.2. The van der Waals surface area contributed by atoms with Gasteiger partial charge in [0.1, 0.15) is 0 Å². The SMILES string of the molecule is Cc1cc(-c2c3c(cc4c2n(-c2ccccc2)c2nc5ccccc5n42)n2c4ccccc4cc2n3-c2ccccc2)c[c]([BiH2])n1. The van der Waals surface area contributed by atoms with Crippen LogP contribution < -0.4 is 3.40 Å². The Morgan fingerprint density at radius 1 is 0.543 bits per heavy atom. The molecule has 0 aliphatic rings. The average Bonchev–Trinajstić information content (AvgIpc) is 3.80. The van der Waals surface area contributed by atoms with E-state index >= 15 is 0 Å². The molecule has 0 N–H and O–H groups in total. The summed E-state index contributed by atoms with van der Waals surface area (Å²) >= 11 is 0.612. The Bertz CT molecular complexity index is 2630. The quantitative estimate of drug-likeness (QED) is 0.175. The van der Waals surface area contributed by atoms with Gasteiger partial charge in [-0.25, -0.2) is 0 Å². The predicted octanol–water partition coefficient (Wildman–Crippen LogP) is 7.41. The molecule has 0 radical (unpaired) electrons. The summed E-state index contributed by atoms with van der Waals surface area (Å²) in [6, 6.07) is 47.8. The van der Waals surface area contributed by atoms with E-state index in [0.717, 1.165) is 65.0 Å². The van der Waals surface area contributed by atoms with Gasteiger partial charge >= 0.3 is 280 Å². The van der Waals surface area contributed by atoms with Crippen LogP contribution in [0.15, 0.2) is 133 Å². The number of nitrogens with zero attached hydrogens (tertiary/aromatic N) is 6. The van der Waals surface area contributed by atoms with Crippen molar-refractivity contribution in [3.8, 4) is 22.5 Å². The monoisotopic (exact) mass is 788 g/mol. The number of benzene rings is 5. The molecule has 0 saturated carbocycles. The zero-order valence-corrected chi connectivity index (χ0v) is 29.5. The molecule has 6 nitrogen and oxygen atoms in total. The van der Waals surface area contributed by atoms with E-state index in [2.05, 4.69) is 158 Å². The van der Waals surface area contributed by atoms with Gasteiger partial charge in [-0.2, -0.15) is 0 Å². The van der Waals surface area contributed by atoms with E-state index in [-0.39, 0.29) is 0 Å². The van der Waals surface area contributed by atoms with Gasteiger partial charge in [-0.15, -0.1) is 0 Å². The van der Waals surface area contributed by atoms with Crippen LogP contribution in [0.4, 0.5) is 0 Å². The third-order valence-corrected chi connectivity index (χ3v) is 10.3. The molecule has 0 aliphatic heterocycles. The molecule has 0 unspecified atom stereocenters. The molecule has 0 spiro atoms. The van der Waals surface area contributed by atoms with Crippen molar-refractivity contribution in [2.45, 2.75) is 6.92 Å². The van der Waals surface area contributed by atoms with E-state index in [1.807, 2.05) is 0 Å². The van der Waals surface area contributed by atoms with Crippen molar-refractivity contribution in [3.05, 3.63) is 139 Å². The maximum atomic E-state index is 5.26. The summed E-state index contributed by atoms with van der Waals surface area (Å²) in [5.41, 5.74) is 14.5. The Morgan fingerprint density at radius 3 is 1.93 bits per heavy atom. The van der Waals surface area contributed by atoms with Crippen LogP contribution in [0.25, 0.3) is 77.9 Å². The Labute approximate surface area is 278 Å². The van der Waals surface area contributed by atoms with Crippen LogP contribution in [0.3, 0.4) is 0 Å². The second kappa shape index (κ2) is 9.62. The van der Waals surface area contributed by atoms with E-state index < -0.39 is 0 Å². The minimum absolute atomic E-state index is 0.612. The fraction of sp³-hybridized carbons (Fsp3) is 0.0256. The third-order valence-electron chi connectivity index (χ3n) is 9.12. The molecule has 10 aromatic rings. The zero-order valence-electron chi connectivity index (χ0n) is 25.0.